The fourth-order valence-electron chi connectivity index (χ4n) is 1.22. The van der Waals surface area contributed by atoms with E-state index in [2.05, 4.69) is 14.6 Å². The van der Waals surface area contributed by atoms with Gasteiger partial charge in [0.05, 0.1) is 12.3 Å². The molecule has 5 N–H and O–H groups in total. The van der Waals surface area contributed by atoms with E-state index < -0.39 is 16.3 Å². The third-order valence-electron chi connectivity index (χ3n) is 2.03. The molecule has 1 aromatic carbocycles. The summed E-state index contributed by atoms with van der Waals surface area (Å²) >= 11 is 0. The van der Waals surface area contributed by atoms with Gasteiger partial charge in [-0.15, -0.1) is 0 Å². The summed E-state index contributed by atoms with van der Waals surface area (Å²) < 4.78 is 31.3. The monoisotopic (exact) mass is 302 g/mol. The number of carbonyl (C=O) groups excluding carboxylic acids is 1. The lowest BCUT2D eigenvalue weighted by atomic mass is 10.2. The molecule has 0 radical (unpaired) electrons. The van der Waals surface area contributed by atoms with Crippen LogP contribution in [-0.2, 0) is 14.9 Å². The molecular weight excluding hydrogens is 288 g/mol. The van der Waals surface area contributed by atoms with Crippen LogP contribution < -0.4 is 15.2 Å². The van der Waals surface area contributed by atoms with E-state index in [0.29, 0.717) is 5.56 Å². The molecule has 0 fully saturated rings. The summed E-state index contributed by atoms with van der Waals surface area (Å²) in [7, 11) is -4.08. The van der Waals surface area contributed by atoms with Crippen LogP contribution in [0, 0.1) is 0 Å². The predicted octanol–water partition coefficient (Wildman–Crippen LogP) is 0.184. The fourth-order valence-corrected chi connectivity index (χ4v) is 1.99. The highest BCUT2D eigenvalue weighted by Gasteiger charge is 2.14. The second-order valence-electron chi connectivity index (χ2n) is 3.49. The summed E-state index contributed by atoms with van der Waals surface area (Å²) in [6.45, 7) is 1.60. The Kier molecular flexibility index (Phi) is 5.15. The number of hydrogen-bond donors (Lipinski definition) is 4. The van der Waals surface area contributed by atoms with Crippen LogP contribution in [0.3, 0.4) is 0 Å². The molecule has 0 saturated carbocycles. The predicted molar refractivity (Wildman–Crippen MR) is 71.7 cm³/mol. The van der Waals surface area contributed by atoms with E-state index in [1.54, 1.807) is 11.6 Å². The lowest BCUT2D eigenvalue weighted by Gasteiger charge is -2.09. The van der Waals surface area contributed by atoms with Crippen LogP contribution in [0.2, 0.25) is 0 Å². The van der Waals surface area contributed by atoms with Crippen molar-refractivity contribution in [1.29, 1.82) is 0 Å². The Morgan fingerprint density at radius 2 is 2.00 bits per heavy atom. The quantitative estimate of drug-likeness (QED) is 0.264. The number of benzene rings is 1. The van der Waals surface area contributed by atoms with Crippen molar-refractivity contribution in [2.24, 2.45) is 10.9 Å². The molecule has 0 aliphatic rings. The Morgan fingerprint density at radius 3 is 2.50 bits per heavy atom. The molecule has 0 aliphatic carbocycles. The van der Waals surface area contributed by atoms with Gasteiger partial charge in [-0.25, -0.2) is 9.52 Å². The van der Waals surface area contributed by atoms with Gasteiger partial charge in [0, 0.05) is 5.56 Å². The van der Waals surface area contributed by atoms with E-state index in [4.69, 9.17) is 10.9 Å². The maximum Gasteiger partial charge on any atom is 0.422 e. The third-order valence-corrected chi connectivity index (χ3v) is 2.97. The van der Waals surface area contributed by atoms with E-state index in [0.717, 1.165) is 0 Å². The molecule has 110 valence electrons. The zero-order valence-corrected chi connectivity index (χ0v) is 11.3. The number of nitrogens with two attached hydrogens (primary N) is 1. The van der Waals surface area contributed by atoms with Gasteiger partial charge in [-0.2, -0.15) is 8.42 Å². The van der Waals surface area contributed by atoms with Gasteiger partial charge in [-0.1, -0.05) is 5.16 Å². The molecular formula is C10H14N4O5S. The van der Waals surface area contributed by atoms with Crippen molar-refractivity contribution in [1.82, 2.24) is 4.72 Å². The van der Waals surface area contributed by atoms with Gasteiger partial charge in [-0.3, -0.25) is 4.72 Å². The van der Waals surface area contributed by atoms with Gasteiger partial charge < -0.3 is 15.7 Å². The van der Waals surface area contributed by atoms with E-state index in [1.807, 2.05) is 0 Å². The molecule has 1 amide bonds. The number of carbonyl (C=O) groups is 1. The molecule has 0 bridgehead atoms. The van der Waals surface area contributed by atoms with E-state index in [9.17, 15) is 13.2 Å². The lowest BCUT2D eigenvalue weighted by Crippen LogP contribution is -2.35. The molecule has 0 heterocycles. The van der Waals surface area contributed by atoms with Crippen molar-refractivity contribution in [2.75, 3.05) is 11.3 Å². The summed E-state index contributed by atoms with van der Waals surface area (Å²) in [5, 5.41) is 11.3. The van der Waals surface area contributed by atoms with Crippen LogP contribution in [-0.4, -0.2) is 32.2 Å². The maximum absolute atomic E-state index is 11.5. The zero-order valence-electron chi connectivity index (χ0n) is 10.5. The van der Waals surface area contributed by atoms with Gasteiger partial charge >= 0.3 is 16.3 Å². The van der Waals surface area contributed by atoms with Crippen molar-refractivity contribution < 1.29 is 23.2 Å². The molecule has 1 rings (SSSR count). The highest BCUT2D eigenvalue weighted by atomic mass is 32.2. The van der Waals surface area contributed by atoms with Crippen molar-refractivity contribution >= 4 is 27.8 Å². The second-order valence-corrected chi connectivity index (χ2v) is 4.91. The minimum Gasteiger partial charge on any atom is -0.449 e. The Balaban J connectivity index is 2.75. The highest BCUT2D eigenvalue weighted by Crippen LogP contribution is 2.10. The average Bonchev–Trinajstić information content (AvgIpc) is 2.37. The first-order valence-corrected chi connectivity index (χ1v) is 6.91. The third kappa shape index (κ3) is 4.65. The summed E-state index contributed by atoms with van der Waals surface area (Å²) in [4.78, 5) is 11.0. The Labute approximate surface area is 115 Å². The number of amidine groups is 1. The number of rotatable bonds is 5. The number of ether oxygens (including phenoxy) is 1. The smallest absolute Gasteiger partial charge is 0.422 e. The molecule has 0 unspecified atom stereocenters. The summed E-state index contributed by atoms with van der Waals surface area (Å²) in [6, 6.07) is 5.66. The molecule has 20 heavy (non-hydrogen) atoms. The standard InChI is InChI=1S/C10H14N4O5S/c1-2-19-10(15)14-20(17,18)13-8-5-3-7(4-6-8)9(11)12-16/h3-6,13,16H,2H2,1H3,(H2,11,12)(H,14,15). The van der Waals surface area contributed by atoms with Crippen LogP contribution in [0.1, 0.15) is 12.5 Å². The van der Waals surface area contributed by atoms with Crippen LogP contribution >= 0.6 is 0 Å². The first-order chi connectivity index (χ1) is 9.38. The zero-order chi connectivity index (χ0) is 15.2. The number of oxime groups is 1. The summed E-state index contributed by atoms with van der Waals surface area (Å²) in [6.07, 6.45) is -1.08. The number of nitrogens with one attached hydrogen (secondary N) is 2. The molecule has 0 spiro atoms. The molecule has 10 heteroatoms. The SMILES string of the molecule is CCOC(=O)NS(=O)(=O)Nc1ccc(/C(N)=N/O)cc1. The van der Waals surface area contributed by atoms with Crippen molar-refractivity contribution in [2.45, 2.75) is 6.92 Å². The first-order valence-electron chi connectivity index (χ1n) is 5.43. The topological polar surface area (TPSA) is 143 Å². The van der Waals surface area contributed by atoms with Gasteiger partial charge in [0.1, 0.15) is 0 Å². The molecule has 9 nitrogen and oxygen atoms in total. The molecule has 0 saturated heterocycles. The van der Waals surface area contributed by atoms with Gasteiger partial charge in [0.2, 0.25) is 0 Å². The van der Waals surface area contributed by atoms with Crippen LogP contribution in [0.15, 0.2) is 29.4 Å². The molecule has 1 aromatic rings. The number of amides is 1. The number of nitrogens with zero attached hydrogens (tertiary/aromatic N) is 1. The van der Waals surface area contributed by atoms with Crippen LogP contribution in [0.4, 0.5) is 10.5 Å². The molecule has 0 aliphatic heterocycles. The largest absolute Gasteiger partial charge is 0.449 e. The minimum absolute atomic E-state index is 0.0514. The van der Waals surface area contributed by atoms with Gasteiger partial charge in [-0.05, 0) is 31.2 Å². The summed E-state index contributed by atoms with van der Waals surface area (Å²) in [5.41, 5.74) is 5.96. The highest BCUT2D eigenvalue weighted by molar-refractivity contribution is 7.91. The normalized spacial score (nSPS) is 11.8. The van der Waals surface area contributed by atoms with E-state index in [1.165, 1.54) is 24.3 Å². The average molecular weight is 302 g/mol. The Bertz CT molecular complexity index is 597. The van der Waals surface area contributed by atoms with E-state index in [-0.39, 0.29) is 18.1 Å². The fraction of sp³-hybridized carbons (Fsp3) is 0.200. The van der Waals surface area contributed by atoms with Crippen molar-refractivity contribution in [3.05, 3.63) is 29.8 Å². The maximum atomic E-state index is 11.5. The summed E-state index contributed by atoms with van der Waals surface area (Å²) in [5.74, 6) is -0.107. The van der Waals surface area contributed by atoms with Crippen molar-refractivity contribution in [3.8, 4) is 0 Å². The van der Waals surface area contributed by atoms with E-state index >= 15 is 0 Å². The lowest BCUT2D eigenvalue weighted by molar-refractivity contribution is 0.159. The Hall–Kier alpha value is -2.49. The minimum atomic E-state index is -4.08. The molecule has 0 atom stereocenters. The van der Waals surface area contributed by atoms with Crippen molar-refractivity contribution in [3.63, 3.8) is 0 Å². The number of anilines is 1. The number of hydrogen-bond acceptors (Lipinski definition) is 6. The van der Waals surface area contributed by atoms with Crippen LogP contribution in [0.5, 0.6) is 0 Å². The van der Waals surface area contributed by atoms with Gasteiger partial charge in [0.25, 0.3) is 0 Å². The second kappa shape index (κ2) is 6.61. The Morgan fingerprint density at radius 1 is 1.40 bits per heavy atom. The van der Waals surface area contributed by atoms with Crippen LogP contribution in [0.25, 0.3) is 0 Å². The first kappa shape index (κ1) is 15.6. The molecule has 0 aromatic heterocycles. The van der Waals surface area contributed by atoms with Gasteiger partial charge in [0.15, 0.2) is 5.84 Å².